The molecule has 6 rings (SSSR count). The number of pyridine rings is 1. The van der Waals surface area contributed by atoms with Gasteiger partial charge in [0.15, 0.2) is 0 Å². The molecule has 3 aromatic rings. The number of benzene rings is 1. The molecule has 3 aliphatic rings. The van der Waals surface area contributed by atoms with E-state index in [0.717, 1.165) is 111 Å². The number of carbonyl (C=O) groups is 3. The maximum atomic E-state index is 13.0. The van der Waals surface area contributed by atoms with Crippen LogP contribution in [0.1, 0.15) is 91.9 Å². The van der Waals surface area contributed by atoms with Gasteiger partial charge in [-0.3, -0.25) is 14.4 Å². The van der Waals surface area contributed by atoms with Gasteiger partial charge in [0.1, 0.15) is 5.82 Å². The Bertz CT molecular complexity index is 1720. The summed E-state index contributed by atoms with van der Waals surface area (Å²) >= 11 is 0. The van der Waals surface area contributed by atoms with Crippen LogP contribution in [-0.4, -0.2) is 99.8 Å². The fourth-order valence-corrected chi connectivity index (χ4v) is 8.16. The number of aromatic nitrogens is 3. The Balaban J connectivity index is 1.12. The molecule has 5 heterocycles. The van der Waals surface area contributed by atoms with E-state index in [0.29, 0.717) is 51.5 Å². The number of fused-ring (bicyclic) bond motifs is 1. The first-order chi connectivity index (χ1) is 25.1. The van der Waals surface area contributed by atoms with Crippen molar-refractivity contribution < 1.29 is 19.5 Å². The Morgan fingerprint density at radius 1 is 0.981 bits per heavy atom. The van der Waals surface area contributed by atoms with Gasteiger partial charge in [-0.2, -0.15) is 5.10 Å². The number of hydrogen-bond donors (Lipinski definition) is 3. The summed E-state index contributed by atoms with van der Waals surface area (Å²) in [5.41, 5.74) is 12.6. The molecule has 280 valence electrons. The highest BCUT2D eigenvalue weighted by Crippen LogP contribution is 2.32. The van der Waals surface area contributed by atoms with Crippen molar-refractivity contribution in [1.82, 2.24) is 24.6 Å². The highest BCUT2D eigenvalue weighted by molar-refractivity contribution is 5.76. The zero-order chi connectivity index (χ0) is 36.6. The third-order valence-corrected chi connectivity index (χ3v) is 11.0. The van der Waals surface area contributed by atoms with Crippen molar-refractivity contribution in [2.45, 2.75) is 90.4 Å². The van der Waals surface area contributed by atoms with E-state index >= 15 is 0 Å². The van der Waals surface area contributed by atoms with Gasteiger partial charge in [0.2, 0.25) is 11.8 Å². The van der Waals surface area contributed by atoms with Gasteiger partial charge in [0.25, 0.3) is 0 Å². The summed E-state index contributed by atoms with van der Waals surface area (Å²) in [6, 6.07) is 12.9. The third kappa shape index (κ3) is 9.90. The monoisotopic (exact) mass is 712 g/mol. The van der Waals surface area contributed by atoms with Gasteiger partial charge < -0.3 is 30.9 Å². The lowest BCUT2D eigenvalue weighted by Gasteiger charge is -2.37. The van der Waals surface area contributed by atoms with Crippen LogP contribution in [0.4, 0.5) is 11.5 Å². The van der Waals surface area contributed by atoms with E-state index < -0.39 is 5.97 Å². The van der Waals surface area contributed by atoms with Crippen LogP contribution in [0.15, 0.2) is 36.4 Å². The van der Waals surface area contributed by atoms with E-state index in [4.69, 9.17) is 15.8 Å². The van der Waals surface area contributed by atoms with Crippen molar-refractivity contribution in [2.75, 3.05) is 62.6 Å². The topological polar surface area (TPSA) is 150 Å². The molecule has 2 amide bonds. The summed E-state index contributed by atoms with van der Waals surface area (Å²) in [4.78, 5) is 47.9. The number of carbonyl (C=O) groups excluding carboxylic acids is 2. The molecule has 0 saturated carbocycles. The highest BCUT2D eigenvalue weighted by atomic mass is 16.4. The summed E-state index contributed by atoms with van der Waals surface area (Å²) in [6.45, 7) is 10.3. The molecule has 0 aliphatic carbocycles. The fourth-order valence-electron chi connectivity index (χ4n) is 8.16. The number of nitrogens with one attached hydrogen (secondary N) is 1. The number of aryl methyl sites for hydroxylation is 4. The van der Waals surface area contributed by atoms with Gasteiger partial charge in [-0.25, -0.2) is 9.67 Å². The van der Waals surface area contributed by atoms with Gasteiger partial charge in [-0.1, -0.05) is 12.5 Å². The van der Waals surface area contributed by atoms with Crippen LogP contribution in [0.3, 0.4) is 0 Å². The number of rotatable bonds is 16. The maximum Gasteiger partial charge on any atom is 0.304 e. The number of nitrogens with zero attached hydrogens (tertiary/aromatic N) is 6. The third-order valence-electron chi connectivity index (χ3n) is 11.0. The second kappa shape index (κ2) is 17.4. The molecule has 12 nitrogen and oxygen atoms in total. The molecule has 1 unspecified atom stereocenters. The number of carboxylic acids is 1. The Morgan fingerprint density at radius 3 is 2.52 bits per heavy atom. The van der Waals surface area contributed by atoms with Gasteiger partial charge in [0, 0.05) is 81.6 Å². The van der Waals surface area contributed by atoms with Crippen LogP contribution in [0.5, 0.6) is 0 Å². The lowest BCUT2D eigenvalue weighted by Crippen LogP contribution is -2.48. The fraction of sp³-hybridized carbons (Fsp3) is 0.575. The van der Waals surface area contributed by atoms with Crippen LogP contribution in [-0.2, 0) is 27.2 Å². The van der Waals surface area contributed by atoms with Gasteiger partial charge in [-0.05, 0) is 113 Å². The molecular formula is C40H56N8O4. The minimum absolute atomic E-state index is 0.0505. The molecule has 1 aromatic carbocycles. The number of hydrogen-bond acceptors (Lipinski definition) is 8. The number of carboxylic acid groups (broad SMARTS) is 1. The lowest BCUT2D eigenvalue weighted by molar-refractivity contribution is -0.137. The largest absolute Gasteiger partial charge is 0.481 e. The number of likely N-dealkylation sites (tertiary alicyclic amines) is 1. The average Bonchev–Trinajstić information content (AvgIpc) is 3.73. The predicted molar refractivity (Wildman–Crippen MR) is 203 cm³/mol. The van der Waals surface area contributed by atoms with Crippen LogP contribution in [0.2, 0.25) is 0 Å². The second-order valence-electron chi connectivity index (χ2n) is 15.1. The summed E-state index contributed by atoms with van der Waals surface area (Å²) in [5, 5.41) is 18.3. The zero-order valence-corrected chi connectivity index (χ0v) is 31.0. The maximum absolute atomic E-state index is 13.0. The summed E-state index contributed by atoms with van der Waals surface area (Å²) in [6.07, 6.45) is 8.58. The van der Waals surface area contributed by atoms with E-state index in [1.807, 2.05) is 23.4 Å². The van der Waals surface area contributed by atoms with Crippen molar-refractivity contribution in [3.05, 3.63) is 64.6 Å². The molecule has 12 heteroatoms. The minimum Gasteiger partial charge on any atom is -0.481 e. The van der Waals surface area contributed by atoms with E-state index in [1.54, 1.807) is 0 Å². The molecule has 2 fully saturated rings. The molecule has 0 radical (unpaired) electrons. The van der Waals surface area contributed by atoms with Crippen LogP contribution in [0, 0.1) is 19.8 Å². The number of aliphatic carboxylic acids is 1. The molecule has 2 atom stereocenters. The molecule has 52 heavy (non-hydrogen) atoms. The van der Waals surface area contributed by atoms with Crippen molar-refractivity contribution in [3.8, 4) is 5.69 Å². The van der Waals surface area contributed by atoms with E-state index in [2.05, 4.69) is 51.5 Å². The van der Waals surface area contributed by atoms with Crippen LogP contribution >= 0.6 is 0 Å². The second-order valence-corrected chi connectivity index (χ2v) is 15.1. The SMILES string of the molecule is Cc1cc(C)n(-c2cc(C(CC(=O)O)CN3CC[C@@H](CCc4ccc5c(n4)NCCC5)C3)cc(N3CCN(C(=O)CCCCCC(N)=O)CC3)c2)n1. The number of amides is 2. The molecular weight excluding hydrogens is 656 g/mol. The number of nitrogens with two attached hydrogens (primary N) is 1. The Morgan fingerprint density at radius 2 is 1.77 bits per heavy atom. The van der Waals surface area contributed by atoms with E-state index in [1.165, 1.54) is 5.56 Å². The average molecular weight is 713 g/mol. The zero-order valence-electron chi connectivity index (χ0n) is 31.0. The van der Waals surface area contributed by atoms with Crippen molar-refractivity contribution in [2.24, 2.45) is 11.7 Å². The van der Waals surface area contributed by atoms with Gasteiger partial charge >= 0.3 is 5.97 Å². The quantitative estimate of drug-likeness (QED) is 0.177. The summed E-state index contributed by atoms with van der Waals surface area (Å²) < 4.78 is 1.95. The van der Waals surface area contributed by atoms with Crippen molar-refractivity contribution in [3.63, 3.8) is 0 Å². The van der Waals surface area contributed by atoms with Crippen LogP contribution < -0.4 is 16.0 Å². The van der Waals surface area contributed by atoms with Crippen LogP contribution in [0.25, 0.3) is 5.69 Å². The normalized spacial score (nSPS) is 18.2. The molecule has 0 spiro atoms. The number of unbranched alkanes of at least 4 members (excludes halogenated alkanes) is 2. The first-order valence-corrected chi connectivity index (χ1v) is 19.3. The lowest BCUT2D eigenvalue weighted by atomic mass is 9.93. The first kappa shape index (κ1) is 37.3. The minimum atomic E-state index is -0.798. The van der Waals surface area contributed by atoms with Gasteiger partial charge in [0.05, 0.1) is 17.8 Å². The first-order valence-electron chi connectivity index (χ1n) is 19.3. The Kier molecular flexibility index (Phi) is 12.5. The molecule has 2 aromatic heterocycles. The molecule has 2 saturated heterocycles. The van der Waals surface area contributed by atoms with E-state index in [9.17, 15) is 19.5 Å². The number of anilines is 2. The molecule has 4 N–H and O–H groups in total. The molecule has 0 bridgehead atoms. The van der Waals surface area contributed by atoms with Crippen molar-refractivity contribution >= 4 is 29.3 Å². The number of piperazine rings is 1. The standard InChI is InChI=1S/C40H56N8O4/c1-28-21-29(2)48(44-28)36-23-32(22-35(25-36)46-17-19-47(20-18-46)38(50)9-5-3-4-8-37(41)49)33(24-39(51)52)27-45-16-14-30(26-45)10-12-34-13-11-31-7-6-15-42-40(31)43-34/h11,13,21-23,25,30,33H,3-10,12,14-20,24,26-27H2,1-2H3,(H2,41,49)(H,42,43)(H,51,52)/t30-,33?/m1/s1. The van der Waals surface area contributed by atoms with Gasteiger partial charge in [-0.15, -0.1) is 0 Å². The van der Waals surface area contributed by atoms with Crippen molar-refractivity contribution in [1.29, 1.82) is 0 Å². The number of primary amides is 1. The summed E-state index contributed by atoms with van der Waals surface area (Å²) in [5.74, 6) is 0.482. The Labute approximate surface area is 307 Å². The van der Waals surface area contributed by atoms with E-state index in [-0.39, 0.29) is 24.2 Å². The smallest absolute Gasteiger partial charge is 0.304 e. The summed E-state index contributed by atoms with van der Waals surface area (Å²) in [7, 11) is 0. The Hall–Kier alpha value is -4.45. The highest BCUT2D eigenvalue weighted by Gasteiger charge is 2.28. The molecule has 3 aliphatic heterocycles. The predicted octanol–water partition coefficient (Wildman–Crippen LogP) is 4.84.